The van der Waals surface area contributed by atoms with Gasteiger partial charge in [-0.15, -0.1) is 0 Å². The van der Waals surface area contributed by atoms with E-state index in [1.807, 2.05) is 6.20 Å². The average Bonchev–Trinajstić information content (AvgIpc) is 3.50. The van der Waals surface area contributed by atoms with Crippen molar-refractivity contribution in [1.82, 2.24) is 14.7 Å². The highest BCUT2D eigenvalue weighted by molar-refractivity contribution is 5.92. The number of anilines is 1. The molecule has 6 rings (SSSR count). The van der Waals surface area contributed by atoms with Gasteiger partial charge in [-0.05, 0) is 82.9 Å². The molecule has 1 aromatic heterocycles. The van der Waals surface area contributed by atoms with Crippen LogP contribution in [-0.2, 0) is 11.2 Å². The van der Waals surface area contributed by atoms with Crippen LogP contribution in [-0.4, -0.2) is 60.2 Å². The molecule has 1 amide bonds. The second-order valence-corrected chi connectivity index (χ2v) is 10.9. The zero-order valence-electron chi connectivity index (χ0n) is 20.6. The number of amides is 1. The number of rotatable bonds is 4. The van der Waals surface area contributed by atoms with E-state index in [1.54, 1.807) is 4.90 Å². The molecule has 182 valence electrons. The van der Waals surface area contributed by atoms with Crippen LogP contribution in [0.4, 0.5) is 10.5 Å². The normalized spacial score (nSPS) is 29.0. The van der Waals surface area contributed by atoms with E-state index in [4.69, 9.17) is 14.6 Å². The van der Waals surface area contributed by atoms with Crippen molar-refractivity contribution in [1.29, 1.82) is 0 Å². The third-order valence-electron chi connectivity index (χ3n) is 8.65. The first kappa shape index (κ1) is 22.0. The van der Waals surface area contributed by atoms with Crippen molar-refractivity contribution < 1.29 is 14.3 Å². The standard InChI is InChI=1S/C27H36N4O3/c1-17-7-8-24-25(31(17)27(32)33-3)10-9-23(26(24)34-22-5-4-6-22)20-13-28-30(16-20)21-11-18-14-29(2)15-19(18)12-21/h9-10,13,16-19,21-22H,4-8,11-12,14-15H2,1-3H3/t17-,18?,19?,21?/m0/s1. The van der Waals surface area contributed by atoms with Gasteiger partial charge in [-0.2, -0.15) is 5.10 Å². The molecule has 2 aliphatic carbocycles. The molecule has 3 heterocycles. The van der Waals surface area contributed by atoms with Gasteiger partial charge in [0.15, 0.2) is 0 Å². The van der Waals surface area contributed by atoms with Crippen LogP contribution in [0.2, 0.25) is 0 Å². The van der Waals surface area contributed by atoms with Gasteiger partial charge in [0.25, 0.3) is 0 Å². The molecular formula is C27H36N4O3. The summed E-state index contributed by atoms with van der Waals surface area (Å²) in [6, 6.07) is 4.77. The quantitative estimate of drug-likeness (QED) is 0.644. The number of benzene rings is 1. The Labute approximate surface area is 202 Å². The van der Waals surface area contributed by atoms with Gasteiger partial charge in [0.05, 0.1) is 31.1 Å². The molecule has 3 atom stereocenters. The maximum atomic E-state index is 12.6. The summed E-state index contributed by atoms with van der Waals surface area (Å²) in [6.07, 6.45) is 11.8. The molecule has 0 spiro atoms. The molecule has 7 heteroatoms. The Morgan fingerprint density at radius 3 is 2.56 bits per heavy atom. The summed E-state index contributed by atoms with van der Waals surface area (Å²) >= 11 is 0. The van der Waals surface area contributed by atoms with Crippen LogP contribution in [0.1, 0.15) is 57.1 Å². The number of hydrogen-bond donors (Lipinski definition) is 0. The summed E-state index contributed by atoms with van der Waals surface area (Å²) in [7, 11) is 3.69. The molecule has 7 nitrogen and oxygen atoms in total. The molecule has 34 heavy (non-hydrogen) atoms. The minimum atomic E-state index is -0.305. The summed E-state index contributed by atoms with van der Waals surface area (Å²) in [5, 5.41) is 4.82. The van der Waals surface area contributed by atoms with Crippen LogP contribution in [0, 0.1) is 11.8 Å². The highest BCUT2D eigenvalue weighted by Gasteiger charge is 2.41. The summed E-state index contributed by atoms with van der Waals surface area (Å²) in [6.45, 7) is 4.52. The lowest BCUT2D eigenvalue weighted by atomic mass is 9.91. The average molecular weight is 465 g/mol. The van der Waals surface area contributed by atoms with E-state index in [1.165, 1.54) is 39.5 Å². The topological polar surface area (TPSA) is 59.8 Å². The van der Waals surface area contributed by atoms with Crippen molar-refractivity contribution >= 4 is 11.8 Å². The van der Waals surface area contributed by atoms with Crippen molar-refractivity contribution in [2.45, 2.75) is 70.1 Å². The third-order valence-corrected chi connectivity index (χ3v) is 8.65. The van der Waals surface area contributed by atoms with Gasteiger partial charge < -0.3 is 14.4 Å². The maximum absolute atomic E-state index is 12.6. The fourth-order valence-electron chi connectivity index (χ4n) is 6.59. The first-order chi connectivity index (χ1) is 16.5. The molecule has 0 radical (unpaired) electrons. The molecule has 2 aliphatic heterocycles. The molecule has 1 saturated heterocycles. The van der Waals surface area contributed by atoms with Gasteiger partial charge in [0, 0.05) is 42.0 Å². The van der Waals surface area contributed by atoms with Crippen LogP contribution in [0.3, 0.4) is 0 Å². The lowest BCUT2D eigenvalue weighted by Gasteiger charge is -2.37. The number of aromatic nitrogens is 2. The number of carbonyl (C=O) groups is 1. The number of methoxy groups -OCH3 is 1. The van der Waals surface area contributed by atoms with Crippen LogP contribution >= 0.6 is 0 Å². The Morgan fingerprint density at radius 2 is 1.88 bits per heavy atom. The molecule has 2 saturated carbocycles. The van der Waals surface area contributed by atoms with E-state index >= 15 is 0 Å². The van der Waals surface area contributed by atoms with Gasteiger partial charge in [-0.1, -0.05) is 0 Å². The Morgan fingerprint density at radius 1 is 1.12 bits per heavy atom. The summed E-state index contributed by atoms with van der Waals surface area (Å²) in [4.78, 5) is 16.8. The second-order valence-electron chi connectivity index (χ2n) is 10.9. The number of fused-ring (bicyclic) bond motifs is 2. The van der Waals surface area contributed by atoms with Crippen LogP contribution in [0.25, 0.3) is 11.1 Å². The van der Waals surface area contributed by atoms with Gasteiger partial charge >= 0.3 is 6.09 Å². The van der Waals surface area contributed by atoms with E-state index in [0.29, 0.717) is 6.04 Å². The van der Waals surface area contributed by atoms with Crippen molar-refractivity contribution in [2.75, 3.05) is 32.1 Å². The monoisotopic (exact) mass is 464 g/mol. The van der Waals surface area contributed by atoms with Gasteiger partial charge in [-0.25, -0.2) is 4.79 Å². The molecule has 4 aliphatic rings. The van der Waals surface area contributed by atoms with Gasteiger partial charge in [0.1, 0.15) is 5.75 Å². The zero-order chi connectivity index (χ0) is 23.4. The smallest absolute Gasteiger partial charge is 0.414 e. The molecule has 0 N–H and O–H groups in total. The first-order valence-corrected chi connectivity index (χ1v) is 12.9. The predicted molar refractivity (Wildman–Crippen MR) is 131 cm³/mol. The number of hydrogen-bond acceptors (Lipinski definition) is 5. The van der Waals surface area contributed by atoms with Crippen LogP contribution in [0.5, 0.6) is 5.75 Å². The Balaban J connectivity index is 1.34. The third kappa shape index (κ3) is 3.69. The summed E-state index contributed by atoms with van der Waals surface area (Å²) < 4.78 is 13.9. The highest BCUT2D eigenvalue weighted by Crippen LogP contribution is 2.46. The number of ether oxygens (including phenoxy) is 2. The van der Waals surface area contributed by atoms with Crippen molar-refractivity contribution in [3.05, 3.63) is 30.1 Å². The van der Waals surface area contributed by atoms with E-state index in [0.717, 1.165) is 65.6 Å². The second kappa shape index (κ2) is 8.59. The van der Waals surface area contributed by atoms with Crippen molar-refractivity contribution in [3.8, 4) is 16.9 Å². The molecule has 3 fully saturated rings. The van der Waals surface area contributed by atoms with E-state index in [-0.39, 0.29) is 18.2 Å². The van der Waals surface area contributed by atoms with Crippen molar-refractivity contribution in [2.24, 2.45) is 11.8 Å². The molecular weight excluding hydrogens is 428 g/mol. The van der Waals surface area contributed by atoms with Gasteiger partial charge in [-0.3, -0.25) is 9.58 Å². The fourth-order valence-corrected chi connectivity index (χ4v) is 6.59. The number of nitrogens with zero attached hydrogens (tertiary/aromatic N) is 4. The highest BCUT2D eigenvalue weighted by atomic mass is 16.5. The SMILES string of the molecule is COC(=O)N1c2ccc(-c3cnn(C4CC5CN(C)CC5C4)c3)c(OC3CCC3)c2CC[C@@H]1C. The zero-order valence-corrected chi connectivity index (χ0v) is 20.6. The summed E-state index contributed by atoms with van der Waals surface area (Å²) in [5.74, 6) is 2.54. The molecule has 1 aromatic carbocycles. The molecule has 2 aromatic rings. The van der Waals surface area contributed by atoms with E-state index in [2.05, 4.69) is 41.9 Å². The maximum Gasteiger partial charge on any atom is 0.414 e. The van der Waals surface area contributed by atoms with Crippen LogP contribution in [0.15, 0.2) is 24.5 Å². The van der Waals surface area contributed by atoms with E-state index in [9.17, 15) is 4.79 Å². The minimum absolute atomic E-state index is 0.103. The number of likely N-dealkylation sites (tertiary alicyclic amines) is 1. The molecule has 2 unspecified atom stereocenters. The Hall–Kier alpha value is -2.54. The first-order valence-electron chi connectivity index (χ1n) is 12.9. The lowest BCUT2D eigenvalue weighted by molar-refractivity contribution is 0.119. The fraction of sp³-hybridized carbons (Fsp3) is 0.630. The van der Waals surface area contributed by atoms with Crippen molar-refractivity contribution in [3.63, 3.8) is 0 Å². The van der Waals surface area contributed by atoms with Gasteiger partial charge in [0.2, 0.25) is 0 Å². The van der Waals surface area contributed by atoms with E-state index < -0.39 is 0 Å². The Kier molecular flexibility index (Phi) is 5.55. The lowest BCUT2D eigenvalue weighted by Crippen LogP contribution is -2.42. The predicted octanol–water partition coefficient (Wildman–Crippen LogP) is 4.90. The molecule has 0 bridgehead atoms. The van der Waals surface area contributed by atoms with Crippen LogP contribution < -0.4 is 9.64 Å². The minimum Gasteiger partial charge on any atom is -0.489 e. The Bertz CT molecular complexity index is 1060. The largest absolute Gasteiger partial charge is 0.489 e. The summed E-state index contributed by atoms with van der Waals surface area (Å²) in [5.41, 5.74) is 4.24. The number of carbonyl (C=O) groups excluding carboxylic acids is 1.